The number of hydrogen-bond acceptors (Lipinski definition) is 5. The molecule has 0 bridgehead atoms. The Morgan fingerprint density at radius 1 is 1.19 bits per heavy atom. The normalized spacial score (nSPS) is 19.9. The van der Waals surface area contributed by atoms with Crippen LogP contribution in [0.4, 0.5) is 5.69 Å². The second-order valence-corrected chi connectivity index (χ2v) is 6.45. The van der Waals surface area contributed by atoms with Gasteiger partial charge in [-0.15, -0.1) is 0 Å². The summed E-state index contributed by atoms with van der Waals surface area (Å²) in [5.74, 6) is 0.461. The third kappa shape index (κ3) is 4.37. The smallest absolute Gasteiger partial charge is 0.269 e. The first-order chi connectivity index (χ1) is 12.5. The van der Waals surface area contributed by atoms with Gasteiger partial charge in [-0.25, -0.2) is 0 Å². The van der Waals surface area contributed by atoms with Crippen LogP contribution in [0, 0.1) is 10.1 Å². The molecule has 26 heavy (non-hydrogen) atoms. The number of nitrogens with zero attached hydrogens (tertiary/aromatic N) is 2. The lowest BCUT2D eigenvalue weighted by atomic mass is 9.94. The summed E-state index contributed by atoms with van der Waals surface area (Å²) in [6.07, 6.45) is 0. The van der Waals surface area contributed by atoms with E-state index in [0.29, 0.717) is 5.75 Å². The first kappa shape index (κ1) is 17.9. The third-order valence-electron chi connectivity index (χ3n) is 4.49. The fourth-order valence-electron chi connectivity index (χ4n) is 3.25. The SMILES string of the molecule is CN1C[C@@H](NC(=O)COc2ccc([N+](=O)[O-])cc2)[C@H](c2ccccc2)C1. The van der Waals surface area contributed by atoms with Crippen molar-refractivity contribution in [1.82, 2.24) is 10.2 Å². The topological polar surface area (TPSA) is 84.7 Å². The number of ether oxygens (including phenoxy) is 1. The number of carbonyl (C=O) groups excluding carboxylic acids is 1. The van der Waals surface area contributed by atoms with Crippen LogP contribution in [-0.2, 0) is 4.79 Å². The Kier molecular flexibility index (Phi) is 5.48. The van der Waals surface area contributed by atoms with Gasteiger partial charge in [-0.2, -0.15) is 0 Å². The van der Waals surface area contributed by atoms with Gasteiger partial charge in [0.25, 0.3) is 11.6 Å². The van der Waals surface area contributed by atoms with Crippen LogP contribution in [0.3, 0.4) is 0 Å². The second-order valence-electron chi connectivity index (χ2n) is 6.45. The van der Waals surface area contributed by atoms with Crippen LogP contribution in [0.25, 0.3) is 0 Å². The molecule has 136 valence electrons. The molecule has 1 fully saturated rings. The molecule has 7 nitrogen and oxygen atoms in total. The molecule has 0 aromatic heterocycles. The lowest BCUT2D eigenvalue weighted by molar-refractivity contribution is -0.384. The maximum Gasteiger partial charge on any atom is 0.269 e. The Morgan fingerprint density at radius 3 is 2.54 bits per heavy atom. The van der Waals surface area contributed by atoms with Gasteiger partial charge < -0.3 is 15.0 Å². The van der Waals surface area contributed by atoms with Crippen LogP contribution in [0.15, 0.2) is 54.6 Å². The zero-order chi connectivity index (χ0) is 18.5. The highest BCUT2D eigenvalue weighted by atomic mass is 16.6. The molecule has 0 saturated carbocycles. The summed E-state index contributed by atoms with van der Waals surface area (Å²) in [7, 11) is 2.04. The maximum atomic E-state index is 12.3. The van der Waals surface area contributed by atoms with Gasteiger partial charge in [-0.05, 0) is 24.7 Å². The van der Waals surface area contributed by atoms with Gasteiger partial charge in [-0.3, -0.25) is 14.9 Å². The molecule has 2 aromatic carbocycles. The van der Waals surface area contributed by atoms with E-state index >= 15 is 0 Å². The zero-order valence-corrected chi connectivity index (χ0v) is 14.5. The molecule has 0 aliphatic carbocycles. The number of likely N-dealkylation sites (tertiary alicyclic amines) is 1. The minimum Gasteiger partial charge on any atom is -0.484 e. The molecule has 2 atom stereocenters. The number of nitro benzene ring substituents is 1. The Labute approximate surface area is 151 Å². The molecule has 1 aliphatic rings. The van der Waals surface area contributed by atoms with Gasteiger partial charge in [0, 0.05) is 37.2 Å². The van der Waals surface area contributed by atoms with Crippen molar-refractivity contribution in [2.24, 2.45) is 0 Å². The van der Waals surface area contributed by atoms with Crippen molar-refractivity contribution in [1.29, 1.82) is 0 Å². The standard InChI is InChI=1S/C19H21N3O4/c1-21-11-17(14-5-3-2-4-6-14)18(12-21)20-19(23)13-26-16-9-7-15(8-10-16)22(24)25/h2-10,17-18H,11-13H2,1H3,(H,20,23)/t17-,18+/m0/s1. The third-order valence-corrected chi connectivity index (χ3v) is 4.49. The van der Waals surface area contributed by atoms with Crippen molar-refractivity contribution in [2.75, 3.05) is 26.7 Å². The quantitative estimate of drug-likeness (QED) is 0.634. The fraction of sp³-hybridized carbons (Fsp3) is 0.316. The van der Waals surface area contributed by atoms with E-state index in [-0.39, 0.29) is 30.2 Å². The molecule has 0 radical (unpaired) electrons. The number of non-ortho nitro benzene ring substituents is 1. The Bertz CT molecular complexity index is 764. The van der Waals surface area contributed by atoms with Gasteiger partial charge in [-0.1, -0.05) is 30.3 Å². The van der Waals surface area contributed by atoms with Crippen molar-refractivity contribution in [3.63, 3.8) is 0 Å². The Morgan fingerprint density at radius 2 is 1.88 bits per heavy atom. The van der Waals surface area contributed by atoms with Gasteiger partial charge in [0.05, 0.1) is 4.92 Å². The number of amides is 1. The van der Waals surface area contributed by atoms with E-state index in [9.17, 15) is 14.9 Å². The Hall–Kier alpha value is -2.93. The summed E-state index contributed by atoms with van der Waals surface area (Å²) in [6, 6.07) is 15.9. The van der Waals surface area contributed by atoms with E-state index in [1.54, 1.807) is 0 Å². The predicted molar refractivity (Wildman–Crippen MR) is 97.2 cm³/mol. The highest BCUT2D eigenvalue weighted by Crippen LogP contribution is 2.26. The molecular formula is C19H21N3O4. The van der Waals surface area contributed by atoms with Crippen molar-refractivity contribution < 1.29 is 14.5 Å². The lowest BCUT2D eigenvalue weighted by Crippen LogP contribution is -2.41. The summed E-state index contributed by atoms with van der Waals surface area (Å²) in [5, 5.41) is 13.7. The highest BCUT2D eigenvalue weighted by Gasteiger charge is 2.32. The summed E-state index contributed by atoms with van der Waals surface area (Å²) in [4.78, 5) is 24.6. The van der Waals surface area contributed by atoms with E-state index in [0.717, 1.165) is 13.1 Å². The molecule has 1 saturated heterocycles. The van der Waals surface area contributed by atoms with Crippen molar-refractivity contribution in [3.05, 3.63) is 70.3 Å². The van der Waals surface area contributed by atoms with Gasteiger partial charge in [0.2, 0.25) is 0 Å². The van der Waals surface area contributed by atoms with Crippen molar-refractivity contribution in [3.8, 4) is 5.75 Å². The van der Waals surface area contributed by atoms with Crippen molar-refractivity contribution in [2.45, 2.75) is 12.0 Å². The number of benzene rings is 2. The van der Waals surface area contributed by atoms with Crippen LogP contribution in [0.5, 0.6) is 5.75 Å². The summed E-state index contributed by atoms with van der Waals surface area (Å²) < 4.78 is 5.43. The summed E-state index contributed by atoms with van der Waals surface area (Å²) >= 11 is 0. The van der Waals surface area contributed by atoms with Crippen LogP contribution in [0.1, 0.15) is 11.5 Å². The molecule has 3 rings (SSSR count). The van der Waals surface area contributed by atoms with E-state index in [2.05, 4.69) is 22.3 Å². The number of rotatable bonds is 6. The van der Waals surface area contributed by atoms with Crippen LogP contribution in [-0.4, -0.2) is 48.5 Å². The lowest BCUT2D eigenvalue weighted by Gasteiger charge is -2.20. The largest absolute Gasteiger partial charge is 0.484 e. The monoisotopic (exact) mass is 355 g/mol. The minimum absolute atomic E-state index is 0.0125. The van der Waals surface area contributed by atoms with E-state index < -0.39 is 4.92 Å². The molecule has 1 amide bonds. The first-order valence-electron chi connectivity index (χ1n) is 8.43. The molecule has 0 unspecified atom stereocenters. The molecule has 1 aliphatic heterocycles. The number of likely N-dealkylation sites (N-methyl/N-ethyl adjacent to an activating group) is 1. The van der Waals surface area contributed by atoms with Crippen molar-refractivity contribution >= 4 is 11.6 Å². The Balaban J connectivity index is 1.56. The van der Waals surface area contributed by atoms with Gasteiger partial charge in [0.15, 0.2) is 6.61 Å². The predicted octanol–water partition coefficient (Wildman–Crippen LogP) is 2.19. The van der Waals surface area contributed by atoms with E-state index in [4.69, 9.17) is 4.74 Å². The summed E-state index contributed by atoms with van der Waals surface area (Å²) in [6.45, 7) is 1.54. The van der Waals surface area contributed by atoms with Gasteiger partial charge in [0.1, 0.15) is 5.75 Å². The second kappa shape index (κ2) is 7.97. The zero-order valence-electron chi connectivity index (χ0n) is 14.5. The van der Waals surface area contributed by atoms with Crippen LogP contribution < -0.4 is 10.1 Å². The maximum absolute atomic E-state index is 12.3. The average Bonchev–Trinajstić information content (AvgIpc) is 3.01. The van der Waals surface area contributed by atoms with Crippen LogP contribution >= 0.6 is 0 Å². The molecule has 0 spiro atoms. The number of carbonyl (C=O) groups is 1. The van der Waals surface area contributed by atoms with Crippen LogP contribution in [0.2, 0.25) is 0 Å². The average molecular weight is 355 g/mol. The fourth-order valence-corrected chi connectivity index (χ4v) is 3.25. The van der Waals surface area contributed by atoms with E-state index in [1.165, 1.54) is 29.8 Å². The molecular weight excluding hydrogens is 334 g/mol. The number of hydrogen-bond donors (Lipinski definition) is 1. The number of nitrogens with one attached hydrogen (secondary N) is 1. The minimum atomic E-state index is -0.475. The first-order valence-corrected chi connectivity index (χ1v) is 8.43. The molecule has 1 heterocycles. The highest BCUT2D eigenvalue weighted by molar-refractivity contribution is 5.78. The number of nitro groups is 1. The molecule has 1 N–H and O–H groups in total. The van der Waals surface area contributed by atoms with E-state index in [1.807, 2.05) is 25.2 Å². The van der Waals surface area contributed by atoms with Gasteiger partial charge >= 0.3 is 0 Å². The molecule has 7 heteroatoms. The summed E-state index contributed by atoms with van der Waals surface area (Å²) in [5.41, 5.74) is 1.19. The molecule has 2 aromatic rings.